The van der Waals surface area contributed by atoms with Gasteiger partial charge in [-0.3, -0.25) is 9.59 Å². The SMILES string of the molecule is C=C1CN(CC(=O)OC(C)(C)C)C(OCCCNC(CCC)CC2SCC3NC(=O)NC32)=CN1CC(=O)OC(C)(C)C. The van der Waals surface area contributed by atoms with Crippen LogP contribution in [0.25, 0.3) is 0 Å². The van der Waals surface area contributed by atoms with Crippen molar-refractivity contribution < 1.29 is 28.6 Å². The van der Waals surface area contributed by atoms with E-state index in [-0.39, 0.29) is 43.1 Å². The lowest BCUT2D eigenvalue weighted by Gasteiger charge is -2.37. The van der Waals surface area contributed by atoms with Crippen molar-refractivity contribution in [1.82, 2.24) is 25.8 Å². The molecule has 0 aromatic carbocycles. The van der Waals surface area contributed by atoms with Gasteiger partial charge in [0.15, 0.2) is 0 Å². The summed E-state index contributed by atoms with van der Waals surface area (Å²) in [5, 5.41) is 10.2. The number of urea groups is 1. The molecule has 4 unspecified atom stereocenters. The Kier molecular flexibility index (Phi) is 11.9. The Bertz CT molecular complexity index is 1010. The van der Waals surface area contributed by atoms with E-state index in [0.717, 1.165) is 38.0 Å². The topological polar surface area (TPSA) is 121 Å². The van der Waals surface area contributed by atoms with Crippen LogP contribution in [0.3, 0.4) is 0 Å². The van der Waals surface area contributed by atoms with Crippen molar-refractivity contribution in [3.05, 3.63) is 24.4 Å². The maximum atomic E-state index is 12.6. The summed E-state index contributed by atoms with van der Waals surface area (Å²) in [5.41, 5.74) is -0.542. The van der Waals surface area contributed by atoms with Crippen molar-refractivity contribution in [3.8, 4) is 0 Å². The first-order valence-electron chi connectivity index (χ1n) is 15.0. The Morgan fingerprint density at radius 3 is 2.43 bits per heavy atom. The van der Waals surface area contributed by atoms with Crippen LogP contribution in [0, 0.1) is 0 Å². The lowest BCUT2D eigenvalue weighted by Crippen LogP contribution is -2.43. The van der Waals surface area contributed by atoms with Crippen molar-refractivity contribution >= 4 is 29.7 Å². The van der Waals surface area contributed by atoms with Crippen LogP contribution in [-0.4, -0.2) is 101 Å². The zero-order valence-corrected chi connectivity index (χ0v) is 27.2. The summed E-state index contributed by atoms with van der Waals surface area (Å²) >= 11 is 1.93. The second-order valence-corrected chi connectivity index (χ2v) is 14.5. The summed E-state index contributed by atoms with van der Waals surface area (Å²) < 4.78 is 17.2. The molecular formula is C30H51N5O6S. The summed E-state index contributed by atoms with van der Waals surface area (Å²) in [7, 11) is 0. The molecular weight excluding hydrogens is 558 g/mol. The van der Waals surface area contributed by atoms with Crippen molar-refractivity contribution in [3.63, 3.8) is 0 Å². The molecule has 0 aliphatic carbocycles. The molecule has 4 atom stereocenters. The van der Waals surface area contributed by atoms with Crippen molar-refractivity contribution in [2.75, 3.05) is 38.5 Å². The van der Waals surface area contributed by atoms with Crippen LogP contribution in [0.1, 0.15) is 74.1 Å². The highest BCUT2D eigenvalue weighted by Crippen LogP contribution is 2.33. The van der Waals surface area contributed by atoms with Crippen LogP contribution in [0.2, 0.25) is 0 Å². The molecule has 2 saturated heterocycles. The number of carbonyl (C=O) groups is 3. The molecule has 0 bridgehead atoms. The average Bonchev–Trinajstić information content (AvgIpc) is 3.38. The third kappa shape index (κ3) is 10.9. The van der Waals surface area contributed by atoms with Gasteiger partial charge in [-0.25, -0.2) is 4.79 Å². The van der Waals surface area contributed by atoms with Crippen molar-refractivity contribution in [2.24, 2.45) is 0 Å². The number of thioether (sulfide) groups is 1. The Labute approximate surface area is 255 Å². The number of hydrogen-bond acceptors (Lipinski definition) is 10. The zero-order valence-electron chi connectivity index (χ0n) is 26.4. The van der Waals surface area contributed by atoms with E-state index in [1.54, 1.807) is 16.0 Å². The van der Waals surface area contributed by atoms with E-state index >= 15 is 0 Å². The number of fused-ring (bicyclic) bond motifs is 1. The van der Waals surface area contributed by atoms with Gasteiger partial charge in [0.25, 0.3) is 0 Å². The molecule has 0 radical (unpaired) electrons. The molecule has 238 valence electrons. The molecule has 2 fully saturated rings. The molecule has 3 aliphatic rings. The first-order chi connectivity index (χ1) is 19.6. The minimum Gasteiger partial charge on any atom is -0.478 e. The van der Waals surface area contributed by atoms with Gasteiger partial charge >= 0.3 is 18.0 Å². The first kappa shape index (κ1) is 33.9. The summed E-state index contributed by atoms with van der Waals surface area (Å²) in [6, 6.07) is 0.716. The largest absolute Gasteiger partial charge is 0.478 e. The fourth-order valence-electron chi connectivity index (χ4n) is 5.24. The van der Waals surface area contributed by atoms with Gasteiger partial charge in [-0.1, -0.05) is 19.9 Å². The number of amides is 2. The highest BCUT2D eigenvalue weighted by Gasteiger charge is 2.43. The number of nitrogens with one attached hydrogen (secondary N) is 3. The van der Waals surface area contributed by atoms with E-state index < -0.39 is 11.2 Å². The molecule has 11 nitrogen and oxygen atoms in total. The Balaban J connectivity index is 1.56. The number of ether oxygens (including phenoxy) is 3. The molecule has 3 N–H and O–H groups in total. The molecule has 3 heterocycles. The molecule has 42 heavy (non-hydrogen) atoms. The third-order valence-corrected chi connectivity index (χ3v) is 8.38. The van der Waals surface area contributed by atoms with E-state index in [1.807, 2.05) is 53.3 Å². The molecule has 0 aromatic rings. The molecule has 12 heteroatoms. The fraction of sp³-hybridized carbons (Fsp3) is 0.767. The Morgan fingerprint density at radius 1 is 1.12 bits per heavy atom. The van der Waals surface area contributed by atoms with Crippen LogP contribution in [0.5, 0.6) is 0 Å². The molecule has 0 spiro atoms. The van der Waals surface area contributed by atoms with Gasteiger partial charge in [0.05, 0.1) is 31.4 Å². The fourth-order valence-corrected chi connectivity index (χ4v) is 6.82. The van der Waals surface area contributed by atoms with E-state index in [9.17, 15) is 14.4 Å². The zero-order chi connectivity index (χ0) is 31.1. The van der Waals surface area contributed by atoms with Crippen LogP contribution in [0.15, 0.2) is 24.4 Å². The summed E-state index contributed by atoms with van der Waals surface area (Å²) in [4.78, 5) is 40.4. The summed E-state index contributed by atoms with van der Waals surface area (Å²) in [5.74, 6) is 0.702. The first-order valence-corrected chi connectivity index (χ1v) is 16.1. The molecule has 0 aromatic heterocycles. The third-order valence-electron chi connectivity index (χ3n) is 6.91. The van der Waals surface area contributed by atoms with Gasteiger partial charge in [-0.15, -0.1) is 0 Å². The predicted molar refractivity (Wildman–Crippen MR) is 165 cm³/mol. The number of carbonyl (C=O) groups excluding carboxylic acids is 3. The van der Waals surface area contributed by atoms with E-state index in [2.05, 4.69) is 29.5 Å². The van der Waals surface area contributed by atoms with Crippen LogP contribution >= 0.6 is 11.8 Å². The number of nitrogens with zero attached hydrogens (tertiary/aromatic N) is 2. The quantitative estimate of drug-likeness (QED) is 0.154. The highest BCUT2D eigenvalue weighted by molar-refractivity contribution is 8.00. The monoisotopic (exact) mass is 609 g/mol. The lowest BCUT2D eigenvalue weighted by atomic mass is 9.99. The maximum Gasteiger partial charge on any atom is 0.326 e. The minimum atomic E-state index is -0.601. The number of hydrogen-bond donors (Lipinski definition) is 3. The normalized spacial score (nSPS) is 23.1. The molecule has 0 saturated carbocycles. The van der Waals surface area contributed by atoms with Crippen LogP contribution in [0.4, 0.5) is 4.79 Å². The van der Waals surface area contributed by atoms with Gasteiger partial charge in [-0.05, 0) is 67.3 Å². The Morgan fingerprint density at radius 2 is 1.79 bits per heavy atom. The van der Waals surface area contributed by atoms with Gasteiger partial charge in [0.2, 0.25) is 5.88 Å². The van der Waals surface area contributed by atoms with Gasteiger partial charge < -0.3 is 40.0 Å². The second-order valence-electron chi connectivity index (χ2n) is 13.2. The second kappa shape index (κ2) is 14.7. The molecule has 3 aliphatic heterocycles. The molecule has 3 rings (SSSR count). The van der Waals surface area contributed by atoms with Crippen molar-refractivity contribution in [1.29, 1.82) is 0 Å². The molecule has 2 amide bonds. The van der Waals surface area contributed by atoms with Gasteiger partial charge in [0, 0.05) is 22.7 Å². The van der Waals surface area contributed by atoms with Gasteiger partial charge in [-0.2, -0.15) is 11.8 Å². The smallest absolute Gasteiger partial charge is 0.326 e. The van der Waals surface area contributed by atoms with Crippen molar-refractivity contribution in [2.45, 2.75) is 109 Å². The summed E-state index contributed by atoms with van der Waals surface area (Å²) in [6.07, 6.45) is 5.61. The van der Waals surface area contributed by atoms with Crippen LogP contribution < -0.4 is 16.0 Å². The highest BCUT2D eigenvalue weighted by atomic mass is 32.2. The average molecular weight is 610 g/mol. The van der Waals surface area contributed by atoms with Crippen LogP contribution in [-0.2, 0) is 23.8 Å². The predicted octanol–water partition coefficient (Wildman–Crippen LogP) is 3.32. The minimum absolute atomic E-state index is 0.000494. The van der Waals surface area contributed by atoms with E-state index in [4.69, 9.17) is 14.2 Å². The van der Waals surface area contributed by atoms with E-state index in [0.29, 0.717) is 36.0 Å². The standard InChI is InChI=1S/C30H51N5O6S/c1-9-11-21(14-23-27-22(19-42-23)32-28(38)33-27)31-12-10-13-39-24-16-34(17-25(36)40-29(3,4)5)20(2)15-35(24)18-26(37)41-30(6,7)8/h16,21-23,27,31H,2,9-15,17-19H2,1,3-8H3,(H2,32,33,38). The summed E-state index contributed by atoms with van der Waals surface area (Å²) in [6.45, 7) is 18.8. The van der Waals surface area contributed by atoms with Gasteiger partial charge in [0.1, 0.15) is 24.3 Å². The Hall–Kier alpha value is -2.60. The lowest BCUT2D eigenvalue weighted by molar-refractivity contribution is -0.158. The number of esters is 2. The number of rotatable bonds is 14. The van der Waals surface area contributed by atoms with E-state index in [1.165, 1.54) is 0 Å². The maximum absolute atomic E-state index is 12.6.